The molecule has 0 spiro atoms. The number of anilines is 1. The Morgan fingerprint density at radius 3 is 2.33 bits per heavy atom. The second kappa shape index (κ2) is 15.7. The predicted molar refractivity (Wildman–Crippen MR) is 162 cm³/mol. The zero-order valence-corrected chi connectivity index (χ0v) is 25.1. The van der Waals surface area contributed by atoms with Crippen LogP contribution >= 0.6 is 23.1 Å². The smallest absolute Gasteiger partial charge is 0.303 e. The molecule has 3 amide bonds. The molecule has 1 aromatic heterocycles. The Bertz CT molecular complexity index is 1120. The van der Waals surface area contributed by atoms with E-state index >= 15 is 0 Å². The van der Waals surface area contributed by atoms with Gasteiger partial charge in [-0.1, -0.05) is 39.3 Å². The van der Waals surface area contributed by atoms with E-state index in [4.69, 9.17) is 5.11 Å². The quantitative estimate of drug-likeness (QED) is 0.228. The topological polar surface area (TPSA) is 125 Å². The first-order valence-corrected chi connectivity index (χ1v) is 15.1. The molecule has 0 aliphatic rings. The number of nitrogens with one attached hydrogen (secondary N) is 3. The van der Waals surface area contributed by atoms with Gasteiger partial charge in [0.1, 0.15) is 13.9 Å². The number of hydrogen-bond donors (Lipinski definition) is 4. The minimum Gasteiger partial charge on any atom is -0.481 e. The van der Waals surface area contributed by atoms with Gasteiger partial charge in [-0.2, -0.15) is 11.8 Å². The summed E-state index contributed by atoms with van der Waals surface area (Å²) in [4.78, 5) is 51.4. The molecule has 39 heavy (non-hydrogen) atoms. The molecule has 2 rings (SSSR count). The number of aryl methyl sites for hydroxylation is 1. The Labute approximate surface area is 240 Å². The van der Waals surface area contributed by atoms with Crippen LogP contribution in [0.1, 0.15) is 61.8 Å². The fourth-order valence-electron chi connectivity index (χ4n) is 3.98. The summed E-state index contributed by atoms with van der Waals surface area (Å²) in [6, 6.07) is 10.5. The number of carboxylic acids is 1. The van der Waals surface area contributed by atoms with Crippen LogP contribution in [-0.2, 0) is 25.6 Å². The van der Waals surface area contributed by atoms with Crippen molar-refractivity contribution in [1.29, 1.82) is 0 Å². The highest BCUT2D eigenvalue weighted by molar-refractivity contribution is 8.02. The normalized spacial score (nSPS) is 14.1. The number of aliphatic carboxylic acids is 1. The van der Waals surface area contributed by atoms with Gasteiger partial charge in [0, 0.05) is 28.3 Å². The van der Waals surface area contributed by atoms with Crippen molar-refractivity contribution in [2.75, 3.05) is 17.6 Å². The van der Waals surface area contributed by atoms with Crippen LogP contribution in [0.15, 0.2) is 36.4 Å². The van der Waals surface area contributed by atoms with Crippen molar-refractivity contribution in [3.63, 3.8) is 0 Å². The maximum absolute atomic E-state index is 12.9. The molecule has 0 bridgehead atoms. The van der Waals surface area contributed by atoms with Crippen LogP contribution < -0.4 is 16.0 Å². The van der Waals surface area contributed by atoms with Crippen molar-refractivity contribution in [3.8, 4) is 0 Å². The Morgan fingerprint density at radius 2 is 1.77 bits per heavy atom. The van der Waals surface area contributed by atoms with Crippen molar-refractivity contribution in [1.82, 2.24) is 10.6 Å². The monoisotopic (exact) mass is 573 g/mol. The van der Waals surface area contributed by atoms with E-state index in [2.05, 4.69) is 63.6 Å². The number of benzene rings is 1. The summed E-state index contributed by atoms with van der Waals surface area (Å²) in [7, 11) is 2.15. The van der Waals surface area contributed by atoms with E-state index in [1.165, 1.54) is 9.75 Å². The van der Waals surface area contributed by atoms with Crippen LogP contribution in [0.2, 0.25) is 0 Å². The molecule has 1 heterocycles. The summed E-state index contributed by atoms with van der Waals surface area (Å²) >= 11 is 3.32. The van der Waals surface area contributed by atoms with Crippen LogP contribution in [0, 0.1) is 12.8 Å². The van der Waals surface area contributed by atoms with Gasteiger partial charge in [0.25, 0.3) is 0 Å². The van der Waals surface area contributed by atoms with Crippen molar-refractivity contribution in [2.45, 2.75) is 70.5 Å². The average Bonchev–Trinajstić information content (AvgIpc) is 3.32. The highest BCUT2D eigenvalue weighted by Crippen LogP contribution is 2.34. The van der Waals surface area contributed by atoms with Crippen molar-refractivity contribution < 1.29 is 24.3 Å². The van der Waals surface area contributed by atoms with Gasteiger partial charge in [0.05, 0.1) is 12.3 Å². The molecule has 0 aliphatic heterocycles. The summed E-state index contributed by atoms with van der Waals surface area (Å²) in [6.07, 6.45) is 2.38. The number of thioether (sulfide) groups is 1. The van der Waals surface area contributed by atoms with Crippen LogP contribution in [-0.4, -0.2) is 59.6 Å². The number of hydrogen-bond acceptors (Lipinski definition) is 6. The Kier molecular flexibility index (Phi) is 13.1. The Morgan fingerprint density at radius 1 is 1.08 bits per heavy atom. The van der Waals surface area contributed by atoms with E-state index < -0.39 is 23.8 Å². The molecule has 212 valence electrons. The summed E-state index contributed by atoms with van der Waals surface area (Å²) in [5.74, 6) is -1.73. The van der Waals surface area contributed by atoms with Gasteiger partial charge in [0.2, 0.25) is 17.7 Å². The van der Waals surface area contributed by atoms with Crippen LogP contribution in [0.25, 0.3) is 0 Å². The molecule has 1 aromatic carbocycles. The Hall–Kier alpha value is -2.79. The number of rotatable bonds is 16. The summed E-state index contributed by atoms with van der Waals surface area (Å²) in [6.45, 7) is 8.18. The number of carboxylic acid groups (broad SMARTS) is 1. The molecular formula is C28H40BN3O5S2. The maximum atomic E-state index is 12.9. The fourth-order valence-corrected chi connectivity index (χ4v) is 6.13. The van der Waals surface area contributed by atoms with Crippen LogP contribution in [0.5, 0.6) is 0 Å². The Balaban J connectivity index is 1.90. The van der Waals surface area contributed by atoms with Gasteiger partial charge in [0.15, 0.2) is 0 Å². The van der Waals surface area contributed by atoms with Crippen LogP contribution in [0.3, 0.4) is 0 Å². The standard InChI is InChI=1S/C28H40BN3O5S2/c1-5-18(3)28(29,6-2)38-17-25(34)30-16-24(33)32-23(13-14-26(35)36)27(37)31-21-10-8-20(9-11-21)15-22-12-7-19(4)39-22/h7-12,18,23H,5-6,13-17,29H2,1-4H3,(H,30,34)(H,31,37)(H,32,33)(H,35,36)/t18?,23-,28?/m1/s1. The summed E-state index contributed by atoms with van der Waals surface area (Å²) in [5, 5.41) is 17.0. The second-order valence-electron chi connectivity index (χ2n) is 9.97. The minimum atomic E-state index is -1.07. The molecule has 3 atom stereocenters. The van der Waals surface area contributed by atoms with Crippen molar-refractivity contribution >= 4 is 60.3 Å². The largest absolute Gasteiger partial charge is 0.481 e. The van der Waals surface area contributed by atoms with Gasteiger partial charge in [-0.15, -0.1) is 11.3 Å². The fraction of sp³-hybridized carbons (Fsp3) is 0.500. The SMILES string of the molecule is BC(CC)(SCC(=O)NCC(=O)N[C@H](CCC(=O)O)C(=O)Nc1ccc(Cc2ccc(C)s2)cc1)C(C)CC. The molecule has 0 radical (unpaired) electrons. The van der Waals surface area contributed by atoms with Gasteiger partial charge in [-0.25, -0.2) is 0 Å². The molecule has 0 saturated carbocycles. The van der Waals surface area contributed by atoms with Crippen LogP contribution in [0.4, 0.5) is 5.69 Å². The third kappa shape index (κ3) is 11.1. The first-order valence-electron chi connectivity index (χ1n) is 13.3. The molecule has 0 saturated heterocycles. The minimum absolute atomic E-state index is 0.0322. The molecule has 2 aromatic rings. The third-order valence-electron chi connectivity index (χ3n) is 7.03. The van der Waals surface area contributed by atoms with Gasteiger partial charge < -0.3 is 21.1 Å². The number of thiophene rings is 1. The van der Waals surface area contributed by atoms with Gasteiger partial charge in [-0.05, 0) is 60.2 Å². The lowest BCUT2D eigenvalue weighted by atomic mass is 9.73. The molecule has 0 fully saturated rings. The summed E-state index contributed by atoms with van der Waals surface area (Å²) < 4.78 is -0.0322. The molecule has 0 aliphatic carbocycles. The second-order valence-corrected chi connectivity index (χ2v) is 12.9. The lowest BCUT2D eigenvalue weighted by Gasteiger charge is -2.33. The lowest BCUT2D eigenvalue weighted by Crippen LogP contribution is -2.48. The maximum Gasteiger partial charge on any atom is 0.303 e. The van der Waals surface area contributed by atoms with E-state index in [9.17, 15) is 19.2 Å². The van der Waals surface area contributed by atoms with E-state index in [1.54, 1.807) is 35.2 Å². The first kappa shape index (κ1) is 32.4. The molecule has 2 unspecified atom stereocenters. The highest BCUT2D eigenvalue weighted by Gasteiger charge is 2.29. The third-order valence-corrected chi connectivity index (χ3v) is 9.79. The molecule has 11 heteroatoms. The first-order chi connectivity index (χ1) is 18.4. The highest BCUT2D eigenvalue weighted by atomic mass is 32.2. The zero-order chi connectivity index (χ0) is 29.0. The van der Waals surface area contributed by atoms with E-state index in [1.807, 2.05) is 12.1 Å². The lowest BCUT2D eigenvalue weighted by molar-refractivity contribution is -0.137. The average molecular weight is 574 g/mol. The molecular weight excluding hydrogens is 533 g/mol. The van der Waals surface area contributed by atoms with Gasteiger partial charge >= 0.3 is 5.97 Å². The van der Waals surface area contributed by atoms with E-state index in [0.29, 0.717) is 11.6 Å². The number of carbonyl (C=O) groups excluding carboxylic acids is 3. The zero-order valence-electron chi connectivity index (χ0n) is 23.5. The summed E-state index contributed by atoms with van der Waals surface area (Å²) in [5.41, 5.74) is 1.65. The van der Waals surface area contributed by atoms with Gasteiger partial charge in [-0.3, -0.25) is 19.2 Å². The molecule has 4 N–H and O–H groups in total. The van der Waals surface area contributed by atoms with Crippen molar-refractivity contribution in [3.05, 3.63) is 51.7 Å². The predicted octanol–water partition coefficient (Wildman–Crippen LogP) is 3.57. The number of amides is 3. The van der Waals surface area contributed by atoms with Crippen molar-refractivity contribution in [2.24, 2.45) is 5.92 Å². The van der Waals surface area contributed by atoms with E-state index in [-0.39, 0.29) is 35.7 Å². The van der Waals surface area contributed by atoms with E-state index in [0.717, 1.165) is 24.8 Å². The number of carbonyl (C=O) groups is 4. The molecule has 8 nitrogen and oxygen atoms in total.